The molecule has 1 rings (SSSR count). The van der Waals surface area contributed by atoms with Gasteiger partial charge in [0.05, 0.1) is 0 Å². The van der Waals surface area contributed by atoms with Crippen LogP contribution in [0.2, 0.25) is 0 Å². The van der Waals surface area contributed by atoms with Gasteiger partial charge in [0.2, 0.25) is 0 Å². The molecule has 0 fully saturated rings. The van der Waals surface area contributed by atoms with Gasteiger partial charge < -0.3 is 4.74 Å². The third-order valence-corrected chi connectivity index (χ3v) is 2.39. The fourth-order valence-corrected chi connectivity index (χ4v) is 1.84. The molecule has 0 aliphatic rings. The minimum Gasteiger partial charge on any atom is -0.452 e. The first kappa shape index (κ1) is 13.2. The van der Waals surface area contributed by atoms with Gasteiger partial charge in [-0.05, 0) is 13.8 Å². The van der Waals surface area contributed by atoms with Crippen molar-refractivity contribution < 1.29 is 14.5 Å². The Morgan fingerprint density at radius 1 is 1.35 bits per heavy atom. The highest BCUT2D eigenvalue weighted by Gasteiger charge is 2.43. The largest absolute Gasteiger partial charge is 0.452 e. The maximum atomic E-state index is 11.1. The molecule has 0 saturated heterocycles. The van der Waals surface area contributed by atoms with Crippen molar-refractivity contribution in [3.05, 3.63) is 46.0 Å². The fourth-order valence-electron chi connectivity index (χ4n) is 1.84. The van der Waals surface area contributed by atoms with Crippen molar-refractivity contribution in [3.8, 4) is 0 Å². The molecule has 92 valence electrons. The maximum Gasteiger partial charge on any atom is 0.303 e. The van der Waals surface area contributed by atoms with Crippen LogP contribution in [0.1, 0.15) is 32.4 Å². The lowest BCUT2D eigenvalue weighted by Gasteiger charge is -2.27. The molecule has 1 unspecified atom stereocenters. The lowest BCUT2D eigenvalue weighted by Crippen LogP contribution is -2.38. The maximum absolute atomic E-state index is 11.1. The van der Waals surface area contributed by atoms with Crippen molar-refractivity contribution in [2.45, 2.75) is 32.4 Å². The summed E-state index contributed by atoms with van der Waals surface area (Å²) in [5.74, 6) is -0.530. The van der Waals surface area contributed by atoms with Crippen LogP contribution in [0.25, 0.3) is 0 Å². The second-order valence-electron chi connectivity index (χ2n) is 4.30. The van der Waals surface area contributed by atoms with Crippen molar-refractivity contribution in [2.75, 3.05) is 0 Å². The summed E-state index contributed by atoms with van der Waals surface area (Å²) >= 11 is 0. The number of nitrogens with zero attached hydrogens (tertiary/aromatic N) is 1. The van der Waals surface area contributed by atoms with Crippen LogP contribution in [-0.2, 0) is 9.53 Å². The van der Waals surface area contributed by atoms with E-state index in [1.165, 1.54) is 20.8 Å². The molecule has 5 heteroatoms. The van der Waals surface area contributed by atoms with Crippen LogP contribution in [0.5, 0.6) is 0 Å². The lowest BCUT2D eigenvalue weighted by molar-refractivity contribution is -0.549. The Morgan fingerprint density at radius 3 is 2.29 bits per heavy atom. The SMILES string of the molecule is CC(=O)OC(C)(C)C(c1ccccc1)[N+](=O)[O-]. The van der Waals surface area contributed by atoms with E-state index in [1.54, 1.807) is 30.3 Å². The average molecular weight is 237 g/mol. The van der Waals surface area contributed by atoms with Crippen LogP contribution in [0.4, 0.5) is 0 Å². The van der Waals surface area contributed by atoms with E-state index in [2.05, 4.69) is 0 Å². The van der Waals surface area contributed by atoms with E-state index >= 15 is 0 Å². The number of nitro groups is 1. The van der Waals surface area contributed by atoms with E-state index in [1.807, 2.05) is 0 Å². The number of rotatable bonds is 4. The number of hydrogen-bond acceptors (Lipinski definition) is 4. The number of ether oxygens (including phenoxy) is 1. The summed E-state index contributed by atoms with van der Waals surface area (Å²) in [7, 11) is 0. The van der Waals surface area contributed by atoms with Crippen LogP contribution in [0, 0.1) is 10.1 Å². The van der Waals surface area contributed by atoms with E-state index in [0.29, 0.717) is 5.56 Å². The molecule has 17 heavy (non-hydrogen) atoms. The third-order valence-electron chi connectivity index (χ3n) is 2.39. The molecule has 0 aliphatic carbocycles. The van der Waals surface area contributed by atoms with Crippen LogP contribution in [0.3, 0.4) is 0 Å². The molecule has 0 radical (unpaired) electrons. The van der Waals surface area contributed by atoms with Gasteiger partial charge in [0.25, 0.3) is 6.04 Å². The van der Waals surface area contributed by atoms with Gasteiger partial charge in [-0.1, -0.05) is 30.3 Å². The quantitative estimate of drug-likeness (QED) is 0.458. The second-order valence-corrected chi connectivity index (χ2v) is 4.30. The van der Waals surface area contributed by atoms with Crippen LogP contribution >= 0.6 is 0 Å². The average Bonchev–Trinajstić information content (AvgIpc) is 2.15. The standard InChI is InChI=1S/C12H15NO4/c1-9(14)17-12(2,3)11(13(15)16)10-7-5-4-6-8-10/h4-8,11H,1-3H3. The summed E-state index contributed by atoms with van der Waals surface area (Å²) in [4.78, 5) is 21.7. The number of hydrogen-bond donors (Lipinski definition) is 0. The number of carbonyl (C=O) groups excluding carboxylic acids is 1. The molecule has 0 heterocycles. The van der Waals surface area contributed by atoms with Crippen molar-refractivity contribution in [1.82, 2.24) is 0 Å². The van der Waals surface area contributed by atoms with E-state index in [4.69, 9.17) is 4.74 Å². The van der Waals surface area contributed by atoms with Crippen molar-refractivity contribution in [3.63, 3.8) is 0 Å². The lowest BCUT2D eigenvalue weighted by atomic mass is 9.92. The minimum atomic E-state index is -1.18. The zero-order chi connectivity index (χ0) is 13.1. The molecule has 0 saturated carbocycles. The highest BCUT2D eigenvalue weighted by Crippen LogP contribution is 2.31. The summed E-state index contributed by atoms with van der Waals surface area (Å²) in [5.41, 5.74) is -0.666. The summed E-state index contributed by atoms with van der Waals surface area (Å²) in [6.45, 7) is 4.31. The fraction of sp³-hybridized carbons (Fsp3) is 0.417. The predicted octanol–water partition coefficient (Wildman–Crippen LogP) is 2.35. The van der Waals surface area contributed by atoms with E-state index in [0.717, 1.165) is 0 Å². The predicted molar refractivity (Wildman–Crippen MR) is 62.0 cm³/mol. The number of benzene rings is 1. The molecule has 1 aromatic rings. The highest BCUT2D eigenvalue weighted by atomic mass is 16.6. The van der Waals surface area contributed by atoms with E-state index in [9.17, 15) is 14.9 Å². The Balaban J connectivity index is 3.10. The van der Waals surface area contributed by atoms with Crippen molar-refractivity contribution in [2.24, 2.45) is 0 Å². The normalized spacial score (nSPS) is 12.9. The first-order chi connectivity index (χ1) is 7.84. The molecule has 0 aliphatic heterocycles. The monoisotopic (exact) mass is 237 g/mol. The Hall–Kier alpha value is -1.91. The van der Waals surface area contributed by atoms with Gasteiger partial charge in [-0.2, -0.15) is 0 Å². The molecule has 0 aromatic heterocycles. The van der Waals surface area contributed by atoms with Gasteiger partial charge >= 0.3 is 5.97 Å². The minimum absolute atomic E-state index is 0.432. The van der Waals surface area contributed by atoms with Crippen molar-refractivity contribution in [1.29, 1.82) is 0 Å². The highest BCUT2D eigenvalue weighted by molar-refractivity contribution is 5.66. The van der Waals surface area contributed by atoms with Crippen LogP contribution in [0.15, 0.2) is 30.3 Å². The van der Waals surface area contributed by atoms with E-state index < -0.39 is 22.5 Å². The molecule has 5 nitrogen and oxygen atoms in total. The smallest absolute Gasteiger partial charge is 0.303 e. The summed E-state index contributed by atoms with van der Waals surface area (Å²) in [6, 6.07) is 7.44. The molecule has 0 spiro atoms. The molecule has 0 N–H and O–H groups in total. The molecule has 1 aromatic carbocycles. The summed E-state index contributed by atoms with van der Waals surface area (Å²) in [6.07, 6.45) is 0. The Kier molecular flexibility index (Phi) is 3.83. The summed E-state index contributed by atoms with van der Waals surface area (Å²) in [5, 5.41) is 11.1. The topological polar surface area (TPSA) is 69.4 Å². The van der Waals surface area contributed by atoms with Gasteiger partial charge in [-0.25, -0.2) is 0 Å². The first-order valence-electron chi connectivity index (χ1n) is 5.22. The number of esters is 1. The Bertz CT molecular complexity index is 414. The molecule has 0 bridgehead atoms. The first-order valence-corrected chi connectivity index (χ1v) is 5.22. The molecule has 1 atom stereocenters. The van der Waals surface area contributed by atoms with Gasteiger partial charge in [0.1, 0.15) is 0 Å². The summed E-state index contributed by atoms with van der Waals surface area (Å²) < 4.78 is 5.03. The third kappa shape index (κ3) is 3.27. The van der Waals surface area contributed by atoms with Gasteiger partial charge in [0.15, 0.2) is 5.60 Å². The van der Waals surface area contributed by atoms with Crippen LogP contribution < -0.4 is 0 Å². The van der Waals surface area contributed by atoms with Gasteiger partial charge in [-0.15, -0.1) is 0 Å². The Morgan fingerprint density at radius 2 is 1.88 bits per heavy atom. The molecule has 0 amide bonds. The van der Waals surface area contributed by atoms with Crippen molar-refractivity contribution >= 4 is 5.97 Å². The van der Waals surface area contributed by atoms with E-state index in [-0.39, 0.29) is 0 Å². The molecular weight excluding hydrogens is 222 g/mol. The zero-order valence-electron chi connectivity index (χ0n) is 10.0. The number of carbonyl (C=O) groups is 1. The van der Waals surface area contributed by atoms with Crippen LogP contribution in [-0.4, -0.2) is 16.5 Å². The van der Waals surface area contributed by atoms with Gasteiger partial charge in [0, 0.05) is 17.4 Å². The molecular formula is C12H15NO4. The zero-order valence-corrected chi connectivity index (χ0v) is 10.0. The Labute approximate surface area is 99.5 Å². The van der Waals surface area contributed by atoms with Gasteiger partial charge in [-0.3, -0.25) is 14.9 Å². The second kappa shape index (κ2) is 4.95.